The van der Waals surface area contributed by atoms with E-state index in [2.05, 4.69) is 6.92 Å². The number of nitrogen functional groups attached to an aromatic ring is 1. The van der Waals surface area contributed by atoms with Gasteiger partial charge < -0.3 is 15.2 Å². The molecule has 0 radical (unpaired) electrons. The maximum absolute atomic E-state index is 11.4. The Bertz CT molecular complexity index is 390. The van der Waals surface area contributed by atoms with Crippen LogP contribution in [0.5, 0.6) is 5.75 Å². The first-order valence-electron chi connectivity index (χ1n) is 7.92. The Hall–Kier alpha value is -1.71. The summed E-state index contributed by atoms with van der Waals surface area (Å²) < 4.78 is 10.1. The van der Waals surface area contributed by atoms with E-state index in [1.165, 1.54) is 38.5 Å². The fourth-order valence-corrected chi connectivity index (χ4v) is 2.05. The van der Waals surface area contributed by atoms with Gasteiger partial charge in [-0.3, -0.25) is 0 Å². The smallest absolute Gasteiger partial charge is 0.434 e. The summed E-state index contributed by atoms with van der Waals surface area (Å²) in [6, 6.07) is 6.65. The normalized spacial score (nSPS) is 10.3. The fourth-order valence-electron chi connectivity index (χ4n) is 2.05. The molecule has 0 aliphatic heterocycles. The Morgan fingerprint density at radius 2 is 1.52 bits per heavy atom. The van der Waals surface area contributed by atoms with Crippen LogP contribution in [0.2, 0.25) is 0 Å². The van der Waals surface area contributed by atoms with Crippen LogP contribution in [0.15, 0.2) is 24.3 Å². The number of benzene rings is 1. The van der Waals surface area contributed by atoms with Crippen molar-refractivity contribution >= 4 is 11.8 Å². The molecule has 0 heterocycles. The number of ether oxygens (including phenoxy) is 2. The SMILES string of the molecule is CCCCCCCCCCOC(=O)Oc1ccc(N)cc1. The highest BCUT2D eigenvalue weighted by molar-refractivity contribution is 5.64. The van der Waals surface area contributed by atoms with E-state index in [9.17, 15) is 4.79 Å². The molecule has 0 aliphatic rings. The quantitative estimate of drug-likeness (QED) is 0.288. The van der Waals surface area contributed by atoms with Crippen LogP contribution in [-0.4, -0.2) is 12.8 Å². The number of carbonyl (C=O) groups excluding carboxylic acids is 1. The summed E-state index contributed by atoms with van der Waals surface area (Å²) in [6.45, 7) is 2.64. The van der Waals surface area contributed by atoms with Crippen LogP contribution in [-0.2, 0) is 4.74 Å². The molecular formula is C17H27NO3. The third-order valence-electron chi connectivity index (χ3n) is 3.30. The largest absolute Gasteiger partial charge is 0.513 e. The highest BCUT2D eigenvalue weighted by Gasteiger charge is 2.05. The number of rotatable bonds is 10. The standard InChI is InChI=1S/C17H27NO3/c1-2-3-4-5-6-7-8-9-14-20-17(19)21-16-12-10-15(18)11-13-16/h10-13H,2-9,14,18H2,1H3. The van der Waals surface area contributed by atoms with Gasteiger partial charge in [0.05, 0.1) is 6.61 Å². The second kappa shape index (κ2) is 11.0. The summed E-state index contributed by atoms with van der Waals surface area (Å²) in [7, 11) is 0. The van der Waals surface area contributed by atoms with Crippen molar-refractivity contribution in [1.82, 2.24) is 0 Å². The summed E-state index contributed by atoms with van der Waals surface area (Å²) in [6.07, 6.45) is 9.09. The zero-order valence-corrected chi connectivity index (χ0v) is 13.0. The topological polar surface area (TPSA) is 61.5 Å². The van der Waals surface area contributed by atoms with Crippen molar-refractivity contribution in [1.29, 1.82) is 0 Å². The third kappa shape index (κ3) is 8.95. The highest BCUT2D eigenvalue weighted by Crippen LogP contribution is 2.14. The molecule has 1 aromatic carbocycles. The number of hydrogen-bond donors (Lipinski definition) is 1. The summed E-state index contributed by atoms with van der Waals surface area (Å²) in [5.74, 6) is 0.449. The van der Waals surface area contributed by atoms with E-state index in [1.807, 2.05) is 0 Å². The molecular weight excluding hydrogens is 266 g/mol. The second-order valence-corrected chi connectivity index (χ2v) is 5.24. The predicted molar refractivity (Wildman–Crippen MR) is 85.4 cm³/mol. The van der Waals surface area contributed by atoms with E-state index in [0.717, 1.165) is 12.8 Å². The number of hydrogen-bond acceptors (Lipinski definition) is 4. The molecule has 2 N–H and O–H groups in total. The fraction of sp³-hybridized carbons (Fsp3) is 0.588. The van der Waals surface area contributed by atoms with E-state index in [0.29, 0.717) is 18.0 Å². The van der Waals surface area contributed by atoms with Crippen LogP contribution in [0.3, 0.4) is 0 Å². The van der Waals surface area contributed by atoms with E-state index < -0.39 is 6.16 Å². The zero-order chi connectivity index (χ0) is 15.3. The van der Waals surface area contributed by atoms with Crippen LogP contribution in [0.1, 0.15) is 58.3 Å². The predicted octanol–water partition coefficient (Wildman–Crippen LogP) is 4.92. The van der Waals surface area contributed by atoms with Crippen molar-refractivity contribution in [2.75, 3.05) is 12.3 Å². The first-order chi connectivity index (χ1) is 10.2. The lowest BCUT2D eigenvalue weighted by atomic mass is 10.1. The molecule has 0 bridgehead atoms. The molecule has 0 unspecified atom stereocenters. The molecule has 21 heavy (non-hydrogen) atoms. The van der Waals surface area contributed by atoms with Crippen molar-refractivity contribution in [3.63, 3.8) is 0 Å². The summed E-state index contributed by atoms with van der Waals surface area (Å²) in [4.78, 5) is 11.4. The number of unbranched alkanes of at least 4 members (excludes halogenated alkanes) is 7. The van der Waals surface area contributed by atoms with Gasteiger partial charge in [-0.1, -0.05) is 51.9 Å². The second-order valence-electron chi connectivity index (χ2n) is 5.24. The third-order valence-corrected chi connectivity index (χ3v) is 3.30. The maximum atomic E-state index is 11.4. The lowest BCUT2D eigenvalue weighted by molar-refractivity contribution is 0.0973. The van der Waals surface area contributed by atoms with Gasteiger partial charge in [0.2, 0.25) is 0 Å². The van der Waals surface area contributed by atoms with Gasteiger partial charge in [0.25, 0.3) is 0 Å². The van der Waals surface area contributed by atoms with Crippen molar-refractivity contribution in [3.05, 3.63) is 24.3 Å². The van der Waals surface area contributed by atoms with Crippen LogP contribution in [0.4, 0.5) is 10.5 Å². The van der Waals surface area contributed by atoms with Gasteiger partial charge in [-0.15, -0.1) is 0 Å². The first kappa shape index (κ1) is 17.3. The van der Waals surface area contributed by atoms with E-state index in [4.69, 9.17) is 15.2 Å². The van der Waals surface area contributed by atoms with Gasteiger partial charge in [0.15, 0.2) is 0 Å². The van der Waals surface area contributed by atoms with Crippen LogP contribution in [0.25, 0.3) is 0 Å². The van der Waals surface area contributed by atoms with Gasteiger partial charge >= 0.3 is 6.16 Å². The van der Waals surface area contributed by atoms with Gasteiger partial charge in [0.1, 0.15) is 5.75 Å². The minimum Gasteiger partial charge on any atom is -0.434 e. The molecule has 0 amide bonds. The average molecular weight is 293 g/mol. The summed E-state index contributed by atoms with van der Waals surface area (Å²) in [5.41, 5.74) is 6.18. The summed E-state index contributed by atoms with van der Waals surface area (Å²) in [5, 5.41) is 0. The monoisotopic (exact) mass is 293 g/mol. The lowest BCUT2D eigenvalue weighted by Gasteiger charge is -2.06. The minimum absolute atomic E-state index is 0.419. The molecule has 0 aliphatic carbocycles. The van der Waals surface area contributed by atoms with E-state index in [1.54, 1.807) is 24.3 Å². The molecule has 1 rings (SSSR count). The van der Waals surface area contributed by atoms with Gasteiger partial charge in [-0.05, 0) is 30.7 Å². The van der Waals surface area contributed by atoms with Crippen LogP contribution < -0.4 is 10.5 Å². The van der Waals surface area contributed by atoms with Gasteiger partial charge in [-0.25, -0.2) is 4.79 Å². The van der Waals surface area contributed by atoms with Crippen molar-refractivity contribution in [3.8, 4) is 5.75 Å². The van der Waals surface area contributed by atoms with Crippen LogP contribution >= 0.6 is 0 Å². The number of nitrogens with two attached hydrogens (primary N) is 1. The Labute approximate surface area is 127 Å². The molecule has 0 spiro atoms. The molecule has 0 saturated carbocycles. The minimum atomic E-state index is -0.650. The molecule has 118 valence electrons. The van der Waals surface area contributed by atoms with Crippen molar-refractivity contribution in [2.45, 2.75) is 58.3 Å². The number of carbonyl (C=O) groups is 1. The van der Waals surface area contributed by atoms with Gasteiger partial charge in [-0.2, -0.15) is 0 Å². The molecule has 0 aromatic heterocycles. The summed E-state index contributed by atoms with van der Waals surface area (Å²) >= 11 is 0. The van der Waals surface area contributed by atoms with E-state index >= 15 is 0 Å². The number of anilines is 1. The molecule has 0 saturated heterocycles. The average Bonchev–Trinajstić information content (AvgIpc) is 2.48. The van der Waals surface area contributed by atoms with Gasteiger partial charge in [0, 0.05) is 5.69 Å². The molecule has 0 fully saturated rings. The Morgan fingerprint density at radius 1 is 0.952 bits per heavy atom. The Balaban J connectivity index is 1.97. The molecule has 4 heteroatoms. The first-order valence-corrected chi connectivity index (χ1v) is 7.92. The molecule has 4 nitrogen and oxygen atoms in total. The lowest BCUT2D eigenvalue weighted by Crippen LogP contribution is -2.11. The van der Waals surface area contributed by atoms with Crippen LogP contribution in [0, 0.1) is 0 Å². The maximum Gasteiger partial charge on any atom is 0.513 e. The van der Waals surface area contributed by atoms with Crippen molar-refractivity contribution < 1.29 is 14.3 Å². The Morgan fingerprint density at radius 3 is 2.14 bits per heavy atom. The highest BCUT2D eigenvalue weighted by atomic mass is 16.7. The molecule has 1 aromatic rings. The van der Waals surface area contributed by atoms with E-state index in [-0.39, 0.29) is 0 Å². The Kier molecular flexibility index (Phi) is 9.09. The van der Waals surface area contributed by atoms with Crippen molar-refractivity contribution in [2.24, 2.45) is 0 Å². The zero-order valence-electron chi connectivity index (χ0n) is 13.0. The molecule has 0 atom stereocenters.